The van der Waals surface area contributed by atoms with Crippen LogP contribution in [0.2, 0.25) is 0 Å². The lowest BCUT2D eigenvalue weighted by molar-refractivity contribution is 1.15. The molecule has 5 heteroatoms. The molecule has 0 amide bonds. The summed E-state index contributed by atoms with van der Waals surface area (Å²) in [7, 11) is -1.21. The van der Waals surface area contributed by atoms with Crippen LogP contribution >= 0.6 is 21.8 Å². The minimum absolute atomic E-state index is 0.0807. The van der Waals surface area contributed by atoms with Crippen LogP contribution < -0.4 is 20.6 Å². The van der Waals surface area contributed by atoms with Gasteiger partial charge in [-0.25, -0.2) is 0 Å². The summed E-state index contributed by atoms with van der Waals surface area (Å²) in [5, 5.41) is 0. The molecule has 0 saturated heterocycles. The average molecular weight is 587 g/mol. The molecule has 0 spiro atoms. The van der Waals surface area contributed by atoms with Gasteiger partial charge in [-0.05, 0) is 88.7 Å². The molecule has 0 bridgehead atoms. The van der Waals surface area contributed by atoms with Gasteiger partial charge in [-0.2, -0.15) is 10.0 Å². The van der Waals surface area contributed by atoms with Crippen molar-refractivity contribution in [1.29, 1.82) is 0 Å². The molecule has 0 N–H and O–H groups in total. The van der Waals surface area contributed by atoms with E-state index >= 15 is 0 Å². The van der Waals surface area contributed by atoms with Gasteiger partial charge in [-0.15, -0.1) is 0 Å². The molecule has 204 valence electrons. The first kappa shape index (κ1) is 24.2. The second kappa shape index (κ2) is 8.40. The molecular formula is C38H27BN2S2. The minimum Gasteiger partial charge on any atom is -0.375 e. The molecular weight excluding hydrogens is 559 g/mol. The topological polar surface area (TPSA) is 6.48 Å². The standard InChI is InChI=1S/C38H27BN2S2/c1-43(2)34-20-9-7-17-30(34)41-37-26(14-10-21-35(37)43)27-22-25(24-12-4-3-5-13-24)23-31-36(27)39(41)28-15-11-19-33-38(28)40(31)29-16-6-8-18-32(29)42-33/h3-23H,1-2H3. The van der Waals surface area contributed by atoms with E-state index in [1.165, 1.54) is 81.2 Å². The molecule has 0 fully saturated rings. The summed E-state index contributed by atoms with van der Waals surface area (Å²) >= 11 is 1.90. The number of nitrogens with zero attached hydrogens (tertiary/aromatic N) is 2. The molecule has 0 saturated carbocycles. The maximum atomic E-state index is 2.70. The molecule has 4 heterocycles. The quantitative estimate of drug-likeness (QED) is 0.177. The molecule has 6 aromatic carbocycles. The Balaban J connectivity index is 1.39. The zero-order valence-electron chi connectivity index (χ0n) is 23.9. The van der Waals surface area contributed by atoms with E-state index in [9.17, 15) is 0 Å². The van der Waals surface area contributed by atoms with Gasteiger partial charge in [0.1, 0.15) is 0 Å². The Kier molecular flexibility index (Phi) is 4.72. The van der Waals surface area contributed by atoms with Crippen LogP contribution in [0.15, 0.2) is 147 Å². The molecule has 4 aliphatic rings. The summed E-state index contributed by atoms with van der Waals surface area (Å²) in [4.78, 5) is 10.8. The highest BCUT2D eigenvalue weighted by molar-refractivity contribution is 8.33. The van der Waals surface area contributed by atoms with Crippen molar-refractivity contribution in [3.8, 4) is 22.3 Å². The highest BCUT2D eigenvalue weighted by Crippen LogP contribution is 2.69. The summed E-state index contributed by atoms with van der Waals surface area (Å²) in [6, 6.07) is 47.9. The number of hydrogen-bond donors (Lipinski definition) is 0. The summed E-state index contributed by atoms with van der Waals surface area (Å²) in [6.45, 7) is 0.0807. The van der Waals surface area contributed by atoms with Gasteiger partial charge in [0.25, 0.3) is 0 Å². The monoisotopic (exact) mass is 586 g/mol. The number of para-hydroxylation sites is 4. The van der Waals surface area contributed by atoms with E-state index in [1.54, 1.807) is 0 Å². The van der Waals surface area contributed by atoms with Crippen molar-refractivity contribution in [2.24, 2.45) is 0 Å². The van der Waals surface area contributed by atoms with Crippen LogP contribution in [-0.4, -0.2) is 19.4 Å². The smallest absolute Gasteiger partial charge is 0.333 e. The van der Waals surface area contributed by atoms with E-state index in [4.69, 9.17) is 0 Å². The molecule has 0 aromatic heterocycles. The highest BCUT2D eigenvalue weighted by Gasteiger charge is 2.50. The molecule has 0 radical (unpaired) electrons. The highest BCUT2D eigenvalue weighted by atomic mass is 32.3. The van der Waals surface area contributed by atoms with Crippen LogP contribution in [-0.2, 0) is 0 Å². The Morgan fingerprint density at radius 2 is 1.28 bits per heavy atom. The fraction of sp³-hybridized carbons (Fsp3) is 0.0526. The predicted molar refractivity (Wildman–Crippen MR) is 186 cm³/mol. The first-order chi connectivity index (χ1) is 21.1. The predicted octanol–water partition coefficient (Wildman–Crippen LogP) is 9.32. The Bertz CT molecular complexity index is 2170. The molecule has 0 unspecified atom stereocenters. The van der Waals surface area contributed by atoms with E-state index in [0.717, 1.165) is 0 Å². The van der Waals surface area contributed by atoms with Crippen molar-refractivity contribution in [3.63, 3.8) is 0 Å². The van der Waals surface area contributed by atoms with Gasteiger partial charge < -0.3 is 9.71 Å². The fourth-order valence-corrected chi connectivity index (χ4v) is 11.4. The summed E-state index contributed by atoms with van der Waals surface area (Å²) < 4.78 is 0. The van der Waals surface area contributed by atoms with Gasteiger partial charge in [-0.3, -0.25) is 0 Å². The van der Waals surface area contributed by atoms with Crippen molar-refractivity contribution in [3.05, 3.63) is 127 Å². The minimum atomic E-state index is -1.21. The summed E-state index contributed by atoms with van der Waals surface area (Å²) in [5.41, 5.74) is 14.6. The third-order valence-electron chi connectivity index (χ3n) is 9.67. The largest absolute Gasteiger partial charge is 0.375 e. The first-order valence-corrected chi connectivity index (χ1v) is 18.1. The number of hydrogen-bond acceptors (Lipinski definition) is 3. The molecule has 0 atom stereocenters. The van der Waals surface area contributed by atoms with Gasteiger partial charge in [0.2, 0.25) is 0 Å². The van der Waals surface area contributed by atoms with Crippen LogP contribution in [0.5, 0.6) is 0 Å². The van der Waals surface area contributed by atoms with E-state index in [0.29, 0.717) is 0 Å². The Hall–Kier alpha value is -4.32. The first-order valence-electron chi connectivity index (χ1n) is 14.8. The van der Waals surface area contributed by atoms with E-state index in [-0.39, 0.29) is 6.85 Å². The van der Waals surface area contributed by atoms with Crippen molar-refractivity contribution in [2.75, 3.05) is 22.2 Å². The number of fused-ring (bicyclic) bond motifs is 8. The molecule has 0 aliphatic carbocycles. The molecule has 10 rings (SSSR count). The maximum absolute atomic E-state index is 2.70. The second-order valence-corrected chi connectivity index (χ2v) is 16.8. The van der Waals surface area contributed by atoms with Crippen LogP contribution in [0.3, 0.4) is 0 Å². The van der Waals surface area contributed by atoms with Crippen molar-refractivity contribution < 1.29 is 0 Å². The lowest BCUT2D eigenvalue weighted by Gasteiger charge is -2.53. The van der Waals surface area contributed by atoms with Crippen LogP contribution in [0.4, 0.5) is 28.4 Å². The van der Waals surface area contributed by atoms with Gasteiger partial charge in [0, 0.05) is 42.2 Å². The lowest BCUT2D eigenvalue weighted by Crippen LogP contribution is -2.62. The zero-order chi connectivity index (χ0) is 28.4. The molecule has 6 aromatic rings. The van der Waals surface area contributed by atoms with Crippen LogP contribution in [0.1, 0.15) is 0 Å². The van der Waals surface area contributed by atoms with Crippen LogP contribution in [0.25, 0.3) is 22.3 Å². The summed E-state index contributed by atoms with van der Waals surface area (Å²) in [5.74, 6) is 0. The summed E-state index contributed by atoms with van der Waals surface area (Å²) in [6.07, 6.45) is 4.95. The second-order valence-electron chi connectivity index (χ2n) is 12.1. The Morgan fingerprint density at radius 1 is 0.558 bits per heavy atom. The zero-order valence-corrected chi connectivity index (χ0v) is 25.5. The van der Waals surface area contributed by atoms with Crippen molar-refractivity contribution in [2.45, 2.75) is 19.6 Å². The van der Waals surface area contributed by atoms with Gasteiger partial charge in [0.15, 0.2) is 0 Å². The average Bonchev–Trinajstić information content (AvgIpc) is 3.05. The number of rotatable bonds is 1. The SMILES string of the molecule is CS1(C)c2ccccc2N2B3c4cccc5c4N(c4ccccc4S5)c4cc(-c5ccccc5)cc(c43)-c3cccc1c32. The maximum Gasteiger partial charge on any atom is 0.333 e. The Labute approximate surface area is 258 Å². The van der Waals surface area contributed by atoms with Crippen molar-refractivity contribution >= 4 is 68.0 Å². The molecule has 4 aliphatic heterocycles. The van der Waals surface area contributed by atoms with Crippen molar-refractivity contribution in [1.82, 2.24) is 0 Å². The van der Waals surface area contributed by atoms with E-state index in [2.05, 4.69) is 150 Å². The Morgan fingerprint density at radius 3 is 2.16 bits per heavy atom. The number of anilines is 5. The number of benzene rings is 6. The fourth-order valence-electron chi connectivity index (χ4n) is 7.85. The third kappa shape index (κ3) is 3.04. The molecule has 43 heavy (non-hydrogen) atoms. The van der Waals surface area contributed by atoms with E-state index in [1.807, 2.05) is 11.8 Å². The van der Waals surface area contributed by atoms with E-state index < -0.39 is 10.0 Å². The van der Waals surface area contributed by atoms with Crippen LogP contribution in [0, 0.1) is 0 Å². The lowest BCUT2D eigenvalue weighted by atomic mass is 9.43. The normalized spacial score (nSPS) is 16.4. The van der Waals surface area contributed by atoms with Gasteiger partial charge >= 0.3 is 6.85 Å². The van der Waals surface area contributed by atoms with Gasteiger partial charge in [0.05, 0.1) is 11.4 Å². The van der Waals surface area contributed by atoms with Gasteiger partial charge in [-0.1, -0.05) is 90.6 Å². The molecule has 2 nitrogen and oxygen atoms in total. The third-order valence-corrected chi connectivity index (χ3v) is 13.7.